The molecule has 0 aliphatic heterocycles. The Morgan fingerprint density at radius 2 is 0.786 bits per heavy atom. The van der Waals surface area contributed by atoms with E-state index in [-0.39, 0.29) is 62.3 Å². The molecule has 0 aromatic heterocycles. The highest BCUT2D eigenvalue weighted by Crippen LogP contribution is 2.44. The first-order valence-corrected chi connectivity index (χ1v) is 15.0. The lowest BCUT2D eigenvalue weighted by molar-refractivity contribution is 0.0598. The summed E-state index contributed by atoms with van der Waals surface area (Å²) in [6, 6.07) is 18.4. The summed E-state index contributed by atoms with van der Waals surface area (Å²) >= 11 is 0. The molecule has 0 heterocycles. The van der Waals surface area contributed by atoms with Gasteiger partial charge < -0.3 is 29.2 Å². The summed E-state index contributed by atoms with van der Waals surface area (Å²) in [6.45, 7) is 19.1. The topological polar surface area (TPSA) is 77.4 Å². The largest absolute Gasteiger partial charge is 0.507 e. The molecule has 42 heavy (non-hydrogen) atoms. The average molecular weight is 579 g/mol. The molecule has 0 aliphatic carbocycles. The summed E-state index contributed by atoms with van der Waals surface area (Å²) in [4.78, 5) is 0. The van der Waals surface area contributed by atoms with Crippen LogP contribution in [-0.4, -0.2) is 34.6 Å². The lowest BCUT2D eigenvalue weighted by Gasteiger charge is -2.34. The molecule has 0 atom stereocenters. The summed E-state index contributed by atoms with van der Waals surface area (Å²) in [5.41, 5.74) is 5.18. The quantitative estimate of drug-likeness (QED) is 0.177. The molecule has 2 N–H and O–H groups in total. The van der Waals surface area contributed by atoms with Gasteiger partial charge in [0, 0.05) is 27.7 Å². The molecule has 3 rings (SSSR count). The minimum atomic E-state index is -0.666. The zero-order valence-corrected chi connectivity index (χ0v) is 26.9. The maximum absolute atomic E-state index is 11.3. The number of aromatic hydroxyl groups is 2. The second-order valence-corrected chi connectivity index (χ2v) is 12.2. The first-order chi connectivity index (χ1) is 19.8. The third-order valence-corrected chi connectivity index (χ3v) is 7.33. The highest BCUT2D eigenvalue weighted by Gasteiger charge is 2.34. The van der Waals surface area contributed by atoms with E-state index < -0.39 is 5.41 Å². The van der Waals surface area contributed by atoms with Crippen molar-refractivity contribution in [2.24, 2.45) is 0 Å². The van der Waals surface area contributed by atoms with E-state index in [4.69, 9.17) is 18.9 Å². The van der Waals surface area contributed by atoms with Crippen LogP contribution in [0.3, 0.4) is 0 Å². The van der Waals surface area contributed by atoms with Gasteiger partial charge in [-0.1, -0.05) is 30.3 Å². The summed E-state index contributed by atoms with van der Waals surface area (Å²) in [5.74, 6) is 0.386. The third kappa shape index (κ3) is 8.57. The Hall–Kier alpha value is -2.90. The Labute approximate surface area is 252 Å². The number of ether oxygens (including phenoxy) is 4. The first kappa shape index (κ1) is 33.6. The number of rotatable bonds is 15. The molecule has 0 unspecified atom stereocenters. The lowest BCUT2D eigenvalue weighted by Crippen LogP contribution is -2.27. The first-order valence-electron chi connectivity index (χ1n) is 15.0. The molecular formula is C36H50O6. The second kappa shape index (κ2) is 15.0. The summed E-state index contributed by atoms with van der Waals surface area (Å²) < 4.78 is 23.9. The van der Waals surface area contributed by atoms with Crippen LogP contribution >= 0.6 is 0 Å². The zero-order chi connectivity index (χ0) is 31.0. The van der Waals surface area contributed by atoms with Gasteiger partial charge in [0.15, 0.2) is 0 Å². The van der Waals surface area contributed by atoms with Gasteiger partial charge in [-0.15, -0.1) is 0 Å². The molecule has 0 amide bonds. The molecule has 6 nitrogen and oxygen atoms in total. The standard InChI is InChI=1S/C36H50O6/c1-23(2)39-19-27-15-32(16-28(34(27)37)20-40-24(3)4)36(9,31-13-11-10-12-14-31)33-17-29(21-41-25(5)6)35(38)30(18-33)22-42-26(7)8/h10-18,23-26,37-38H,19-22H2,1-9H3. The van der Waals surface area contributed by atoms with Crippen LogP contribution in [0.5, 0.6) is 11.5 Å². The van der Waals surface area contributed by atoms with Crippen LogP contribution in [0.1, 0.15) is 101 Å². The van der Waals surface area contributed by atoms with Crippen LogP contribution < -0.4 is 0 Å². The van der Waals surface area contributed by atoms with Gasteiger partial charge in [-0.05, 0) is 103 Å². The molecule has 0 spiro atoms. The molecular weight excluding hydrogens is 528 g/mol. The van der Waals surface area contributed by atoms with Crippen LogP contribution in [-0.2, 0) is 50.8 Å². The Bertz CT molecular complexity index is 1140. The van der Waals surface area contributed by atoms with Crippen molar-refractivity contribution in [3.8, 4) is 11.5 Å². The van der Waals surface area contributed by atoms with E-state index in [2.05, 4.69) is 19.1 Å². The number of benzene rings is 3. The highest BCUT2D eigenvalue weighted by atomic mass is 16.5. The van der Waals surface area contributed by atoms with Gasteiger partial charge in [0.25, 0.3) is 0 Å². The number of hydrogen-bond acceptors (Lipinski definition) is 6. The van der Waals surface area contributed by atoms with Crippen LogP contribution in [0.2, 0.25) is 0 Å². The van der Waals surface area contributed by atoms with E-state index in [1.807, 2.05) is 97.9 Å². The molecule has 3 aromatic rings. The third-order valence-electron chi connectivity index (χ3n) is 7.33. The van der Waals surface area contributed by atoms with Crippen molar-refractivity contribution in [1.29, 1.82) is 0 Å². The van der Waals surface area contributed by atoms with Crippen molar-refractivity contribution in [1.82, 2.24) is 0 Å². The molecule has 6 heteroatoms. The summed E-state index contributed by atoms with van der Waals surface area (Å²) in [7, 11) is 0. The maximum atomic E-state index is 11.3. The van der Waals surface area contributed by atoms with Crippen molar-refractivity contribution >= 4 is 0 Å². The molecule has 0 aliphatic rings. The van der Waals surface area contributed by atoms with Crippen molar-refractivity contribution in [2.75, 3.05) is 0 Å². The average Bonchev–Trinajstić information content (AvgIpc) is 2.94. The minimum Gasteiger partial charge on any atom is -0.507 e. The fourth-order valence-corrected chi connectivity index (χ4v) is 4.83. The van der Waals surface area contributed by atoms with E-state index >= 15 is 0 Å². The van der Waals surface area contributed by atoms with Crippen LogP contribution in [0, 0.1) is 0 Å². The molecule has 0 saturated carbocycles. The van der Waals surface area contributed by atoms with Gasteiger partial charge in [0.2, 0.25) is 0 Å². The normalized spacial score (nSPS) is 12.3. The van der Waals surface area contributed by atoms with Gasteiger partial charge in [-0.25, -0.2) is 0 Å². The molecule has 0 saturated heterocycles. The number of phenols is 2. The Kier molecular flexibility index (Phi) is 12.0. The predicted octanol–water partition coefficient (Wildman–Crippen LogP) is 8.15. The maximum Gasteiger partial charge on any atom is 0.126 e. The van der Waals surface area contributed by atoms with Gasteiger partial charge in [-0.2, -0.15) is 0 Å². The van der Waals surface area contributed by atoms with Gasteiger partial charge in [-0.3, -0.25) is 0 Å². The zero-order valence-electron chi connectivity index (χ0n) is 26.9. The van der Waals surface area contributed by atoms with Crippen LogP contribution in [0.15, 0.2) is 54.6 Å². The fraction of sp³-hybridized carbons (Fsp3) is 0.500. The van der Waals surface area contributed by atoms with Crippen molar-refractivity contribution in [3.63, 3.8) is 0 Å². The predicted molar refractivity (Wildman–Crippen MR) is 168 cm³/mol. The smallest absolute Gasteiger partial charge is 0.126 e. The fourth-order valence-electron chi connectivity index (χ4n) is 4.83. The van der Waals surface area contributed by atoms with E-state index in [0.29, 0.717) is 22.3 Å². The molecule has 0 fully saturated rings. The van der Waals surface area contributed by atoms with E-state index in [0.717, 1.165) is 16.7 Å². The number of phenolic OH excluding ortho intramolecular Hbond substituents is 2. The molecule has 230 valence electrons. The Morgan fingerprint density at radius 3 is 1.05 bits per heavy atom. The Balaban J connectivity index is 2.32. The van der Waals surface area contributed by atoms with Crippen molar-refractivity contribution < 1.29 is 29.2 Å². The monoisotopic (exact) mass is 578 g/mol. The molecule has 0 radical (unpaired) electrons. The lowest BCUT2D eigenvalue weighted by atomic mass is 9.69. The Morgan fingerprint density at radius 1 is 0.500 bits per heavy atom. The SMILES string of the molecule is CC(C)OCc1cc(C(C)(c2ccccc2)c2cc(COC(C)C)c(O)c(COC(C)C)c2)cc(COC(C)C)c1O. The highest BCUT2D eigenvalue weighted by molar-refractivity contribution is 5.57. The van der Waals surface area contributed by atoms with Crippen molar-refractivity contribution in [2.45, 2.75) is 119 Å². The molecule has 0 bridgehead atoms. The van der Waals surface area contributed by atoms with E-state index in [9.17, 15) is 10.2 Å². The van der Waals surface area contributed by atoms with E-state index in [1.54, 1.807) is 0 Å². The van der Waals surface area contributed by atoms with Crippen LogP contribution in [0.4, 0.5) is 0 Å². The molecule has 3 aromatic carbocycles. The van der Waals surface area contributed by atoms with Gasteiger partial charge >= 0.3 is 0 Å². The van der Waals surface area contributed by atoms with Gasteiger partial charge in [0.05, 0.1) is 50.8 Å². The van der Waals surface area contributed by atoms with E-state index in [1.165, 1.54) is 0 Å². The second-order valence-electron chi connectivity index (χ2n) is 12.2. The van der Waals surface area contributed by atoms with Crippen molar-refractivity contribution in [3.05, 3.63) is 93.5 Å². The minimum absolute atomic E-state index is 0.00746. The summed E-state index contributed by atoms with van der Waals surface area (Å²) in [5, 5.41) is 22.6. The summed E-state index contributed by atoms with van der Waals surface area (Å²) in [6.07, 6.45) is 0.0298. The number of hydrogen-bond donors (Lipinski definition) is 2. The van der Waals surface area contributed by atoms with Crippen LogP contribution in [0.25, 0.3) is 0 Å². The van der Waals surface area contributed by atoms with Gasteiger partial charge in [0.1, 0.15) is 11.5 Å².